The van der Waals surface area contributed by atoms with Crippen LogP contribution in [0.5, 0.6) is 5.75 Å². The van der Waals surface area contributed by atoms with Crippen molar-refractivity contribution in [3.8, 4) is 5.75 Å². The normalized spacial score (nSPS) is 11.1. The van der Waals surface area contributed by atoms with Crippen LogP contribution in [0.4, 0.5) is 11.4 Å². The molecule has 2 aromatic carbocycles. The van der Waals surface area contributed by atoms with Crippen molar-refractivity contribution >= 4 is 21.4 Å². The fourth-order valence-corrected chi connectivity index (χ4v) is 2.71. The molecule has 0 atom stereocenters. The minimum absolute atomic E-state index is 0.0745. The molecule has 0 radical (unpaired) electrons. The molecule has 2 aromatic rings. The molecule has 0 fully saturated rings. The summed E-state index contributed by atoms with van der Waals surface area (Å²) in [7, 11) is -3.44. The van der Waals surface area contributed by atoms with Gasteiger partial charge >= 0.3 is 0 Å². The number of nitrogens with one attached hydrogen (secondary N) is 1. The van der Waals surface area contributed by atoms with Crippen LogP contribution >= 0.6 is 0 Å². The first-order chi connectivity index (χ1) is 9.96. The van der Waals surface area contributed by atoms with Crippen molar-refractivity contribution in [2.24, 2.45) is 0 Å². The molecule has 0 heterocycles. The van der Waals surface area contributed by atoms with Gasteiger partial charge in [-0.3, -0.25) is 4.72 Å². The number of hydrogen-bond donors (Lipinski definition) is 2. The summed E-state index contributed by atoms with van der Waals surface area (Å²) < 4.78 is 31.9. The lowest BCUT2D eigenvalue weighted by atomic mass is 10.2. The summed E-state index contributed by atoms with van der Waals surface area (Å²) in [6.45, 7) is 1.92. The Morgan fingerprint density at radius 2 is 1.76 bits per heavy atom. The predicted molar refractivity (Wildman–Crippen MR) is 84.9 cm³/mol. The van der Waals surface area contributed by atoms with E-state index < -0.39 is 10.0 Å². The van der Waals surface area contributed by atoms with Crippen molar-refractivity contribution in [3.05, 3.63) is 54.1 Å². The Hall–Kier alpha value is -2.21. The summed E-state index contributed by atoms with van der Waals surface area (Å²) in [4.78, 5) is 0. The molecule has 0 aromatic heterocycles. The zero-order valence-corrected chi connectivity index (χ0v) is 12.6. The third-order valence-corrected chi connectivity index (χ3v) is 4.15. The van der Waals surface area contributed by atoms with Crippen LogP contribution in [0, 0.1) is 6.92 Å². The van der Waals surface area contributed by atoms with Gasteiger partial charge in [0.25, 0.3) is 0 Å². The summed E-state index contributed by atoms with van der Waals surface area (Å²) >= 11 is 0. The van der Waals surface area contributed by atoms with Gasteiger partial charge in [-0.05, 0) is 42.8 Å². The van der Waals surface area contributed by atoms with Crippen LogP contribution in [-0.4, -0.2) is 20.8 Å². The van der Waals surface area contributed by atoms with E-state index in [1.165, 1.54) is 0 Å². The summed E-state index contributed by atoms with van der Waals surface area (Å²) in [5.41, 5.74) is 7.66. The summed E-state index contributed by atoms with van der Waals surface area (Å²) in [5.74, 6) is 0.474. The van der Waals surface area contributed by atoms with Crippen molar-refractivity contribution in [1.82, 2.24) is 0 Å². The average Bonchev–Trinajstić information content (AvgIpc) is 2.43. The van der Waals surface area contributed by atoms with Gasteiger partial charge in [0.05, 0.1) is 5.69 Å². The van der Waals surface area contributed by atoms with Gasteiger partial charge in [0, 0.05) is 5.69 Å². The standard InChI is InChI=1S/C15H18N2O3S/c1-12-4-2-3-5-15(12)17-21(18,19)11-10-20-14-8-6-13(16)7-9-14/h2-9,17H,10-11,16H2,1H3. The van der Waals surface area contributed by atoms with Crippen LogP contribution in [0.15, 0.2) is 48.5 Å². The summed E-state index contributed by atoms with van der Waals surface area (Å²) in [6, 6.07) is 14.0. The summed E-state index contributed by atoms with van der Waals surface area (Å²) in [6.07, 6.45) is 0. The molecule has 21 heavy (non-hydrogen) atoms. The second-order valence-corrected chi connectivity index (χ2v) is 6.50. The first kappa shape index (κ1) is 15.2. The first-order valence-electron chi connectivity index (χ1n) is 6.51. The molecule has 3 N–H and O–H groups in total. The van der Waals surface area contributed by atoms with Crippen LogP contribution < -0.4 is 15.2 Å². The van der Waals surface area contributed by atoms with Crippen LogP contribution in [0.1, 0.15) is 5.56 Å². The highest BCUT2D eigenvalue weighted by atomic mass is 32.2. The largest absolute Gasteiger partial charge is 0.492 e. The van der Waals surface area contributed by atoms with E-state index in [9.17, 15) is 8.42 Å². The van der Waals surface area contributed by atoms with Gasteiger partial charge in [0.15, 0.2) is 0 Å². The van der Waals surface area contributed by atoms with Crippen LogP contribution in [0.3, 0.4) is 0 Å². The lowest BCUT2D eigenvalue weighted by Crippen LogP contribution is -2.21. The van der Waals surface area contributed by atoms with Crippen LogP contribution in [-0.2, 0) is 10.0 Å². The van der Waals surface area contributed by atoms with E-state index in [2.05, 4.69) is 4.72 Å². The molecule has 0 unspecified atom stereocenters. The Morgan fingerprint density at radius 1 is 1.10 bits per heavy atom. The molecule has 5 nitrogen and oxygen atoms in total. The number of aryl methyl sites for hydroxylation is 1. The number of nitrogens with two attached hydrogens (primary N) is 1. The summed E-state index contributed by atoms with van der Waals surface area (Å²) in [5, 5.41) is 0. The molecule has 0 aliphatic carbocycles. The first-order valence-corrected chi connectivity index (χ1v) is 8.16. The smallest absolute Gasteiger partial charge is 0.236 e. The predicted octanol–water partition coefficient (Wildman–Crippen LogP) is 2.40. The molecule has 2 rings (SSSR count). The Morgan fingerprint density at radius 3 is 2.43 bits per heavy atom. The molecule has 6 heteroatoms. The Bertz CT molecular complexity index is 697. The van der Waals surface area contributed by atoms with E-state index in [1.807, 2.05) is 19.1 Å². The maximum absolute atomic E-state index is 12.0. The fraction of sp³-hybridized carbons (Fsp3) is 0.200. The van der Waals surface area contributed by atoms with E-state index in [0.717, 1.165) is 5.56 Å². The number of hydrogen-bond acceptors (Lipinski definition) is 4. The zero-order valence-electron chi connectivity index (χ0n) is 11.7. The molecule has 0 aliphatic heterocycles. The molecule has 0 saturated heterocycles. The highest BCUT2D eigenvalue weighted by Gasteiger charge is 2.11. The molecular weight excluding hydrogens is 288 g/mol. The van der Waals surface area contributed by atoms with Gasteiger partial charge in [-0.1, -0.05) is 18.2 Å². The molecule has 0 amide bonds. The molecular formula is C15H18N2O3S. The minimum Gasteiger partial charge on any atom is -0.492 e. The van der Waals surface area contributed by atoms with E-state index in [4.69, 9.17) is 10.5 Å². The van der Waals surface area contributed by atoms with Gasteiger partial charge < -0.3 is 10.5 Å². The van der Waals surface area contributed by atoms with Crippen molar-refractivity contribution in [3.63, 3.8) is 0 Å². The van der Waals surface area contributed by atoms with Crippen LogP contribution in [0.25, 0.3) is 0 Å². The number of sulfonamides is 1. The Labute approximate surface area is 124 Å². The quantitative estimate of drug-likeness (QED) is 0.803. The van der Waals surface area contributed by atoms with Gasteiger partial charge in [0.2, 0.25) is 10.0 Å². The monoisotopic (exact) mass is 306 g/mol. The van der Waals surface area contributed by atoms with E-state index in [1.54, 1.807) is 36.4 Å². The topological polar surface area (TPSA) is 81.4 Å². The van der Waals surface area contributed by atoms with Crippen molar-refractivity contribution in [2.75, 3.05) is 22.8 Å². The highest BCUT2D eigenvalue weighted by Crippen LogP contribution is 2.16. The maximum Gasteiger partial charge on any atom is 0.236 e. The number of benzene rings is 2. The van der Waals surface area contributed by atoms with Crippen molar-refractivity contribution < 1.29 is 13.2 Å². The molecule has 0 spiro atoms. The number of rotatable bonds is 6. The minimum atomic E-state index is -3.44. The number of para-hydroxylation sites is 1. The molecule has 112 valence electrons. The number of ether oxygens (including phenoxy) is 1. The highest BCUT2D eigenvalue weighted by molar-refractivity contribution is 7.92. The zero-order chi connectivity index (χ0) is 15.3. The van der Waals surface area contributed by atoms with E-state index in [0.29, 0.717) is 17.1 Å². The average molecular weight is 306 g/mol. The van der Waals surface area contributed by atoms with Crippen molar-refractivity contribution in [1.29, 1.82) is 0 Å². The second-order valence-electron chi connectivity index (χ2n) is 4.65. The third kappa shape index (κ3) is 4.68. The van der Waals surface area contributed by atoms with E-state index >= 15 is 0 Å². The second kappa shape index (κ2) is 6.49. The lowest BCUT2D eigenvalue weighted by Gasteiger charge is -2.11. The fourth-order valence-electron chi connectivity index (χ4n) is 1.74. The molecule has 0 aliphatic rings. The van der Waals surface area contributed by atoms with Crippen molar-refractivity contribution in [2.45, 2.75) is 6.92 Å². The van der Waals surface area contributed by atoms with Gasteiger partial charge in [-0.15, -0.1) is 0 Å². The van der Waals surface area contributed by atoms with Gasteiger partial charge in [-0.25, -0.2) is 8.42 Å². The Balaban J connectivity index is 1.90. The number of nitrogen functional groups attached to an aromatic ring is 1. The lowest BCUT2D eigenvalue weighted by molar-refractivity contribution is 0.341. The third-order valence-electron chi connectivity index (χ3n) is 2.91. The maximum atomic E-state index is 12.0. The Kier molecular flexibility index (Phi) is 4.70. The molecule has 0 saturated carbocycles. The van der Waals surface area contributed by atoms with E-state index in [-0.39, 0.29) is 12.4 Å². The van der Waals surface area contributed by atoms with Gasteiger partial charge in [-0.2, -0.15) is 0 Å². The van der Waals surface area contributed by atoms with Crippen LogP contribution in [0.2, 0.25) is 0 Å². The SMILES string of the molecule is Cc1ccccc1NS(=O)(=O)CCOc1ccc(N)cc1. The molecule has 0 bridgehead atoms. The number of anilines is 2. The van der Waals surface area contributed by atoms with Gasteiger partial charge in [0.1, 0.15) is 18.1 Å².